The first-order chi connectivity index (χ1) is 9.15. The van der Waals surface area contributed by atoms with Gasteiger partial charge in [0.25, 0.3) is 0 Å². The van der Waals surface area contributed by atoms with Crippen LogP contribution >= 0.6 is 23.1 Å². The van der Waals surface area contributed by atoms with Gasteiger partial charge in [-0.05, 0) is 36.9 Å². The van der Waals surface area contributed by atoms with Crippen molar-refractivity contribution in [1.82, 2.24) is 5.32 Å². The molecule has 100 valence electrons. The average molecular weight is 291 g/mol. The second kappa shape index (κ2) is 6.78. The number of hydrogen-bond acceptors (Lipinski definition) is 3. The Morgan fingerprint density at radius 3 is 2.89 bits per heavy atom. The molecule has 0 saturated heterocycles. The molecule has 1 N–H and O–H groups in total. The van der Waals surface area contributed by atoms with Crippen LogP contribution in [0.3, 0.4) is 0 Å². The van der Waals surface area contributed by atoms with Gasteiger partial charge in [0.1, 0.15) is 0 Å². The van der Waals surface area contributed by atoms with E-state index in [1.165, 1.54) is 20.9 Å². The normalized spacial score (nSPS) is 10.4. The van der Waals surface area contributed by atoms with Crippen LogP contribution in [0.4, 0.5) is 0 Å². The number of hydrogen-bond donors (Lipinski definition) is 1. The lowest BCUT2D eigenvalue weighted by Crippen LogP contribution is -2.24. The lowest BCUT2D eigenvalue weighted by molar-refractivity contribution is -0.118. The Hall–Kier alpha value is -1.26. The van der Waals surface area contributed by atoms with E-state index in [4.69, 9.17) is 0 Å². The average Bonchev–Trinajstić information content (AvgIpc) is 2.90. The number of aryl methyl sites for hydroxylation is 2. The van der Waals surface area contributed by atoms with Crippen LogP contribution in [0, 0.1) is 13.8 Å². The van der Waals surface area contributed by atoms with Gasteiger partial charge in [-0.25, -0.2) is 0 Å². The first kappa shape index (κ1) is 14.2. The summed E-state index contributed by atoms with van der Waals surface area (Å²) in [5, 5.41) is 4.96. The molecule has 2 rings (SSSR count). The minimum absolute atomic E-state index is 0.0827. The zero-order valence-electron chi connectivity index (χ0n) is 11.1. The van der Waals surface area contributed by atoms with Crippen molar-refractivity contribution in [1.29, 1.82) is 0 Å². The molecule has 0 bridgehead atoms. The zero-order valence-corrected chi connectivity index (χ0v) is 12.7. The quantitative estimate of drug-likeness (QED) is 0.850. The highest BCUT2D eigenvalue weighted by atomic mass is 32.2. The zero-order chi connectivity index (χ0) is 13.7. The Bertz CT molecular complexity index is 549. The molecule has 0 atom stereocenters. The van der Waals surface area contributed by atoms with Gasteiger partial charge in [0, 0.05) is 9.77 Å². The molecule has 2 nitrogen and oxygen atoms in total. The molecule has 0 unspecified atom stereocenters. The second-order valence-corrected chi connectivity index (χ2v) is 6.46. The predicted molar refractivity (Wildman–Crippen MR) is 82.8 cm³/mol. The molecule has 4 heteroatoms. The molecule has 0 fully saturated rings. The SMILES string of the molecule is Cc1ccc(C)c(SCC(=O)NCc2cccs2)c1. The van der Waals surface area contributed by atoms with Gasteiger partial charge < -0.3 is 5.32 Å². The van der Waals surface area contributed by atoms with E-state index < -0.39 is 0 Å². The molecule has 0 saturated carbocycles. The van der Waals surface area contributed by atoms with Gasteiger partial charge in [0.05, 0.1) is 12.3 Å². The van der Waals surface area contributed by atoms with Crippen LogP contribution in [0.1, 0.15) is 16.0 Å². The Labute approximate surface area is 122 Å². The van der Waals surface area contributed by atoms with Crippen molar-refractivity contribution in [3.05, 3.63) is 51.7 Å². The van der Waals surface area contributed by atoms with Gasteiger partial charge in [-0.15, -0.1) is 23.1 Å². The number of amides is 1. The third-order valence-electron chi connectivity index (χ3n) is 2.74. The van der Waals surface area contributed by atoms with Crippen LogP contribution in [0.2, 0.25) is 0 Å². The van der Waals surface area contributed by atoms with E-state index in [-0.39, 0.29) is 5.91 Å². The van der Waals surface area contributed by atoms with E-state index in [0.717, 1.165) is 0 Å². The standard InChI is InChI=1S/C15H17NOS2/c1-11-5-6-12(2)14(8-11)19-10-15(17)16-9-13-4-3-7-18-13/h3-8H,9-10H2,1-2H3,(H,16,17). The van der Waals surface area contributed by atoms with E-state index in [0.29, 0.717) is 12.3 Å². The van der Waals surface area contributed by atoms with Crippen LogP contribution in [-0.4, -0.2) is 11.7 Å². The molecule has 0 aliphatic carbocycles. The summed E-state index contributed by atoms with van der Waals surface area (Å²) in [5.41, 5.74) is 2.45. The molecule has 1 aromatic carbocycles. The number of nitrogens with one attached hydrogen (secondary N) is 1. The number of carbonyl (C=O) groups excluding carboxylic acids is 1. The Balaban J connectivity index is 1.81. The Kier molecular flexibility index (Phi) is 5.05. The van der Waals surface area contributed by atoms with Crippen molar-refractivity contribution in [3.8, 4) is 0 Å². The maximum Gasteiger partial charge on any atom is 0.230 e. The van der Waals surface area contributed by atoms with E-state index in [1.807, 2.05) is 17.5 Å². The third kappa shape index (κ3) is 4.40. The highest BCUT2D eigenvalue weighted by molar-refractivity contribution is 8.00. The van der Waals surface area contributed by atoms with Crippen LogP contribution in [0.25, 0.3) is 0 Å². The summed E-state index contributed by atoms with van der Waals surface area (Å²) < 4.78 is 0. The second-order valence-electron chi connectivity index (χ2n) is 4.41. The fraction of sp³-hybridized carbons (Fsp3) is 0.267. The Morgan fingerprint density at radius 2 is 2.16 bits per heavy atom. The van der Waals surface area contributed by atoms with E-state index >= 15 is 0 Å². The van der Waals surface area contributed by atoms with E-state index in [9.17, 15) is 4.79 Å². The summed E-state index contributed by atoms with van der Waals surface area (Å²) in [6, 6.07) is 10.4. The summed E-state index contributed by atoms with van der Waals surface area (Å²) in [5.74, 6) is 0.551. The number of benzene rings is 1. The van der Waals surface area contributed by atoms with Gasteiger partial charge in [-0.3, -0.25) is 4.79 Å². The van der Waals surface area contributed by atoms with Crippen LogP contribution in [-0.2, 0) is 11.3 Å². The molecule has 1 heterocycles. The highest BCUT2D eigenvalue weighted by Crippen LogP contribution is 2.23. The van der Waals surface area contributed by atoms with E-state index in [1.54, 1.807) is 23.1 Å². The summed E-state index contributed by atoms with van der Waals surface area (Å²) in [4.78, 5) is 14.2. The molecule has 19 heavy (non-hydrogen) atoms. The molecule has 1 amide bonds. The third-order valence-corrected chi connectivity index (χ3v) is 4.78. The number of rotatable bonds is 5. The van der Waals surface area contributed by atoms with Crippen molar-refractivity contribution < 1.29 is 4.79 Å². The first-order valence-corrected chi connectivity index (χ1v) is 8.01. The van der Waals surface area contributed by atoms with Gasteiger partial charge in [0.15, 0.2) is 0 Å². The Morgan fingerprint density at radius 1 is 1.32 bits per heavy atom. The monoisotopic (exact) mass is 291 g/mol. The summed E-state index contributed by atoms with van der Waals surface area (Å²) in [6.45, 7) is 4.77. The molecule has 0 aliphatic heterocycles. The van der Waals surface area contributed by atoms with Crippen molar-refractivity contribution in [2.75, 3.05) is 5.75 Å². The van der Waals surface area contributed by atoms with Crippen molar-refractivity contribution in [2.45, 2.75) is 25.3 Å². The van der Waals surface area contributed by atoms with Gasteiger partial charge >= 0.3 is 0 Å². The number of thiophene rings is 1. The van der Waals surface area contributed by atoms with Crippen LogP contribution in [0.15, 0.2) is 40.6 Å². The van der Waals surface area contributed by atoms with Crippen molar-refractivity contribution >= 4 is 29.0 Å². The molecule has 0 radical (unpaired) electrons. The topological polar surface area (TPSA) is 29.1 Å². The van der Waals surface area contributed by atoms with Crippen LogP contribution < -0.4 is 5.32 Å². The van der Waals surface area contributed by atoms with Crippen LogP contribution in [0.5, 0.6) is 0 Å². The smallest absolute Gasteiger partial charge is 0.230 e. The number of thioether (sulfide) groups is 1. The first-order valence-electron chi connectivity index (χ1n) is 6.14. The molecule has 0 spiro atoms. The molecule has 2 aromatic rings. The van der Waals surface area contributed by atoms with Gasteiger partial charge in [0.2, 0.25) is 5.91 Å². The van der Waals surface area contributed by atoms with Crippen molar-refractivity contribution in [2.24, 2.45) is 0 Å². The van der Waals surface area contributed by atoms with Gasteiger partial charge in [-0.1, -0.05) is 23.8 Å². The maximum atomic E-state index is 11.8. The largest absolute Gasteiger partial charge is 0.350 e. The fourth-order valence-corrected chi connectivity index (χ4v) is 3.25. The number of carbonyl (C=O) groups is 1. The maximum absolute atomic E-state index is 11.8. The highest BCUT2D eigenvalue weighted by Gasteiger charge is 2.05. The molecular formula is C15H17NOS2. The summed E-state index contributed by atoms with van der Waals surface area (Å²) in [7, 11) is 0. The van der Waals surface area contributed by atoms with Crippen molar-refractivity contribution in [3.63, 3.8) is 0 Å². The van der Waals surface area contributed by atoms with Gasteiger partial charge in [-0.2, -0.15) is 0 Å². The summed E-state index contributed by atoms with van der Waals surface area (Å²) >= 11 is 3.26. The summed E-state index contributed by atoms with van der Waals surface area (Å²) in [6.07, 6.45) is 0. The lowest BCUT2D eigenvalue weighted by atomic mass is 10.2. The predicted octanol–water partition coefficient (Wildman–Crippen LogP) is 3.77. The minimum Gasteiger partial charge on any atom is -0.350 e. The molecule has 0 aliphatic rings. The molecule has 1 aromatic heterocycles. The lowest BCUT2D eigenvalue weighted by Gasteiger charge is -2.07. The fourth-order valence-electron chi connectivity index (χ4n) is 1.66. The van der Waals surface area contributed by atoms with E-state index in [2.05, 4.69) is 37.4 Å². The molecular weight excluding hydrogens is 274 g/mol. The minimum atomic E-state index is 0.0827.